The lowest BCUT2D eigenvalue weighted by atomic mass is 10.1. The smallest absolute Gasteiger partial charge is 0.325 e. The van der Waals surface area contributed by atoms with Crippen LogP contribution in [0.25, 0.3) is 0 Å². The third kappa shape index (κ3) is 6.59. The molecule has 4 nitrogen and oxygen atoms in total. The fourth-order valence-electron chi connectivity index (χ4n) is 1.68. The van der Waals surface area contributed by atoms with E-state index < -0.39 is 17.6 Å². The quantitative estimate of drug-likeness (QED) is 0.759. The number of likely N-dealkylation sites (N-methyl/N-ethyl adjacent to an activating group) is 1. The third-order valence-corrected chi connectivity index (χ3v) is 2.77. The van der Waals surface area contributed by atoms with Crippen molar-refractivity contribution in [3.8, 4) is 0 Å². The first kappa shape index (κ1) is 17.5. The molecule has 0 heterocycles. The topological polar surface area (TPSA) is 44.4 Å². The highest BCUT2D eigenvalue weighted by Gasteiger charge is 2.33. The Hall–Kier alpha value is -1.60. The summed E-state index contributed by atoms with van der Waals surface area (Å²) in [4.78, 5) is 13.7. The van der Waals surface area contributed by atoms with Crippen LogP contribution >= 0.6 is 0 Å². The molecule has 2 N–H and O–H groups in total. The monoisotopic (exact) mass is 303 g/mol. The second-order valence-electron chi connectivity index (χ2n) is 4.89. The highest BCUT2D eigenvalue weighted by atomic mass is 19.4. The minimum absolute atomic E-state index is 0.125. The molecule has 1 aromatic rings. The van der Waals surface area contributed by atoms with Crippen molar-refractivity contribution < 1.29 is 18.0 Å². The van der Waals surface area contributed by atoms with Gasteiger partial charge in [-0.15, -0.1) is 0 Å². The van der Waals surface area contributed by atoms with E-state index in [2.05, 4.69) is 10.6 Å². The molecule has 0 aromatic heterocycles. The van der Waals surface area contributed by atoms with Gasteiger partial charge in [0.1, 0.15) is 0 Å². The van der Waals surface area contributed by atoms with Crippen LogP contribution in [0.4, 0.5) is 18.9 Å². The second-order valence-corrected chi connectivity index (χ2v) is 4.89. The summed E-state index contributed by atoms with van der Waals surface area (Å²) < 4.78 is 38.3. The zero-order valence-corrected chi connectivity index (χ0v) is 12.1. The van der Waals surface area contributed by atoms with Gasteiger partial charge in [-0.3, -0.25) is 4.79 Å². The molecular weight excluding hydrogens is 283 g/mol. The molecule has 1 rings (SSSR count). The molecule has 118 valence electrons. The van der Waals surface area contributed by atoms with E-state index >= 15 is 0 Å². The third-order valence-electron chi connectivity index (χ3n) is 2.77. The first-order valence-corrected chi connectivity index (χ1v) is 6.62. The van der Waals surface area contributed by atoms with Gasteiger partial charge in [0.15, 0.2) is 0 Å². The zero-order valence-electron chi connectivity index (χ0n) is 12.1. The molecule has 0 spiro atoms. The first-order chi connectivity index (χ1) is 9.80. The van der Waals surface area contributed by atoms with Crippen molar-refractivity contribution in [2.75, 3.05) is 39.0 Å². The summed E-state index contributed by atoms with van der Waals surface area (Å²) in [5.41, 5.74) is -1.04. The molecule has 1 aromatic carbocycles. The molecule has 0 saturated carbocycles. The van der Waals surface area contributed by atoms with Crippen LogP contribution in [0.2, 0.25) is 0 Å². The normalized spacial score (nSPS) is 11.7. The fourth-order valence-corrected chi connectivity index (χ4v) is 1.68. The van der Waals surface area contributed by atoms with Gasteiger partial charge in [0.25, 0.3) is 0 Å². The van der Waals surface area contributed by atoms with Crippen molar-refractivity contribution >= 4 is 11.6 Å². The minimum atomic E-state index is -4.48. The maximum atomic E-state index is 12.8. The molecular formula is C14H20F3N3O. The van der Waals surface area contributed by atoms with Crippen LogP contribution in [0.3, 0.4) is 0 Å². The molecule has 0 fully saturated rings. The van der Waals surface area contributed by atoms with Crippen molar-refractivity contribution in [2.45, 2.75) is 12.6 Å². The maximum Gasteiger partial charge on any atom is 0.418 e. The van der Waals surface area contributed by atoms with Crippen molar-refractivity contribution in [2.24, 2.45) is 0 Å². The molecule has 0 radical (unpaired) electrons. The molecule has 0 aliphatic rings. The first-order valence-electron chi connectivity index (χ1n) is 6.62. The number of halogens is 3. The van der Waals surface area contributed by atoms with Gasteiger partial charge in [-0.05, 0) is 26.2 Å². The van der Waals surface area contributed by atoms with Gasteiger partial charge in [0.05, 0.1) is 11.3 Å². The summed E-state index contributed by atoms with van der Waals surface area (Å²) in [5, 5.41) is 5.36. The van der Waals surface area contributed by atoms with E-state index in [0.717, 1.165) is 19.2 Å². The maximum absolute atomic E-state index is 12.8. The van der Waals surface area contributed by atoms with E-state index in [4.69, 9.17) is 0 Å². The molecule has 21 heavy (non-hydrogen) atoms. The average molecular weight is 303 g/mol. The predicted molar refractivity (Wildman–Crippen MR) is 76.1 cm³/mol. The van der Waals surface area contributed by atoms with Gasteiger partial charge in [-0.2, -0.15) is 13.2 Å². The van der Waals surface area contributed by atoms with Crippen LogP contribution < -0.4 is 10.6 Å². The van der Waals surface area contributed by atoms with Crippen LogP contribution in [0.5, 0.6) is 0 Å². The lowest BCUT2D eigenvalue weighted by Gasteiger charge is -2.14. The summed E-state index contributed by atoms with van der Waals surface area (Å²) >= 11 is 0. The van der Waals surface area contributed by atoms with Crippen LogP contribution in [0.1, 0.15) is 12.0 Å². The van der Waals surface area contributed by atoms with Crippen molar-refractivity contribution in [3.63, 3.8) is 0 Å². The molecule has 0 aliphatic heterocycles. The fraction of sp³-hybridized carbons (Fsp3) is 0.500. The van der Waals surface area contributed by atoms with Gasteiger partial charge in [0.2, 0.25) is 5.91 Å². The number of anilines is 1. The second kappa shape index (κ2) is 7.99. The number of para-hydroxylation sites is 1. The zero-order chi connectivity index (χ0) is 15.9. The molecule has 0 saturated heterocycles. The lowest BCUT2D eigenvalue weighted by molar-refractivity contribution is -0.137. The average Bonchev–Trinajstić information content (AvgIpc) is 2.37. The number of carbonyl (C=O) groups excluding carboxylic acids is 1. The molecule has 0 atom stereocenters. The van der Waals surface area contributed by atoms with Gasteiger partial charge >= 0.3 is 6.18 Å². The Kier molecular flexibility index (Phi) is 6.64. The van der Waals surface area contributed by atoms with Gasteiger partial charge < -0.3 is 15.5 Å². The van der Waals surface area contributed by atoms with E-state index in [1.54, 1.807) is 0 Å². The Bertz CT molecular complexity index is 461. The van der Waals surface area contributed by atoms with Gasteiger partial charge in [-0.25, -0.2) is 0 Å². The highest BCUT2D eigenvalue weighted by Crippen LogP contribution is 2.34. The van der Waals surface area contributed by atoms with Crippen LogP contribution in [-0.2, 0) is 11.0 Å². The van der Waals surface area contributed by atoms with Crippen molar-refractivity contribution in [1.29, 1.82) is 0 Å². The molecule has 0 bridgehead atoms. The van der Waals surface area contributed by atoms with E-state index in [9.17, 15) is 18.0 Å². The van der Waals surface area contributed by atoms with E-state index in [1.165, 1.54) is 18.2 Å². The Morgan fingerprint density at radius 2 is 1.86 bits per heavy atom. The van der Waals surface area contributed by atoms with Crippen molar-refractivity contribution in [3.05, 3.63) is 29.8 Å². The molecule has 1 amide bonds. The SMILES string of the molecule is CN(C)CCNCCC(=O)Nc1ccccc1C(F)(F)F. The summed E-state index contributed by atoms with van der Waals surface area (Å²) in [5.74, 6) is -0.441. The number of carbonyl (C=O) groups is 1. The number of nitrogens with zero attached hydrogens (tertiary/aromatic N) is 1. The van der Waals surface area contributed by atoms with E-state index in [0.29, 0.717) is 6.54 Å². The molecule has 7 heteroatoms. The number of benzene rings is 1. The largest absolute Gasteiger partial charge is 0.418 e. The Morgan fingerprint density at radius 1 is 1.19 bits per heavy atom. The van der Waals surface area contributed by atoms with E-state index in [-0.39, 0.29) is 12.1 Å². The number of rotatable bonds is 7. The summed E-state index contributed by atoms with van der Waals surface area (Å²) in [6.45, 7) is 1.98. The summed E-state index contributed by atoms with van der Waals surface area (Å²) in [6, 6.07) is 4.95. The van der Waals surface area contributed by atoms with Gasteiger partial charge in [0, 0.05) is 26.1 Å². The number of hydrogen-bond acceptors (Lipinski definition) is 3. The van der Waals surface area contributed by atoms with Crippen molar-refractivity contribution in [1.82, 2.24) is 10.2 Å². The lowest BCUT2D eigenvalue weighted by Crippen LogP contribution is -2.29. The van der Waals surface area contributed by atoms with E-state index in [1.807, 2.05) is 19.0 Å². The number of alkyl halides is 3. The molecule has 0 unspecified atom stereocenters. The summed E-state index contributed by atoms with van der Waals surface area (Å²) in [7, 11) is 3.87. The van der Waals surface area contributed by atoms with Gasteiger partial charge in [-0.1, -0.05) is 12.1 Å². The standard InChI is InChI=1S/C14H20F3N3O/c1-20(2)10-9-18-8-7-13(21)19-12-6-4-3-5-11(12)14(15,16)17/h3-6,18H,7-10H2,1-2H3,(H,19,21). The van der Waals surface area contributed by atoms with Crippen LogP contribution in [-0.4, -0.2) is 44.5 Å². The number of amides is 1. The minimum Gasteiger partial charge on any atom is -0.325 e. The van der Waals surface area contributed by atoms with Crippen LogP contribution in [0.15, 0.2) is 24.3 Å². The number of hydrogen-bond donors (Lipinski definition) is 2. The Balaban J connectivity index is 2.45. The predicted octanol–water partition coefficient (Wildman–Crippen LogP) is 2.19. The number of nitrogens with one attached hydrogen (secondary N) is 2. The summed E-state index contributed by atoms with van der Waals surface area (Å²) in [6.07, 6.45) is -4.35. The van der Waals surface area contributed by atoms with Crippen LogP contribution in [0, 0.1) is 0 Å². The Morgan fingerprint density at radius 3 is 2.48 bits per heavy atom. The Labute approximate surface area is 122 Å². The highest BCUT2D eigenvalue weighted by molar-refractivity contribution is 5.91. The molecule has 0 aliphatic carbocycles.